The normalized spacial score (nSPS) is 22.0. The fourth-order valence-corrected chi connectivity index (χ4v) is 2.26. The second kappa shape index (κ2) is 5.31. The predicted octanol–water partition coefficient (Wildman–Crippen LogP) is 2.62. The van der Waals surface area contributed by atoms with Crippen LogP contribution in [0.2, 0.25) is 0 Å². The largest absolute Gasteiger partial charge is 0.326 e. The molecule has 15 heavy (non-hydrogen) atoms. The van der Waals surface area contributed by atoms with Crippen LogP contribution in [0.25, 0.3) is 0 Å². The molecule has 2 heteroatoms. The summed E-state index contributed by atoms with van der Waals surface area (Å²) in [6, 6.07) is 1.07. The lowest BCUT2D eigenvalue weighted by molar-refractivity contribution is 0.152. The molecule has 0 aliphatic heterocycles. The summed E-state index contributed by atoms with van der Waals surface area (Å²) in [5, 5.41) is 0. The van der Waals surface area contributed by atoms with Crippen LogP contribution in [0.3, 0.4) is 0 Å². The van der Waals surface area contributed by atoms with Crippen molar-refractivity contribution in [3.05, 3.63) is 0 Å². The highest BCUT2D eigenvalue weighted by Crippen LogP contribution is 2.24. The zero-order chi connectivity index (χ0) is 11.5. The van der Waals surface area contributed by atoms with Crippen LogP contribution in [0, 0.1) is 5.41 Å². The van der Waals surface area contributed by atoms with Gasteiger partial charge in [-0.15, -0.1) is 0 Å². The average molecular weight is 212 g/mol. The molecule has 1 fully saturated rings. The van der Waals surface area contributed by atoms with E-state index in [1.165, 1.54) is 32.1 Å². The first kappa shape index (κ1) is 13.0. The van der Waals surface area contributed by atoms with Crippen molar-refractivity contribution < 1.29 is 0 Å². The van der Waals surface area contributed by atoms with Gasteiger partial charge in [0.2, 0.25) is 0 Å². The van der Waals surface area contributed by atoms with E-state index in [4.69, 9.17) is 5.73 Å². The molecule has 2 nitrogen and oxygen atoms in total. The third-order valence-electron chi connectivity index (χ3n) is 3.80. The molecule has 0 radical (unpaired) electrons. The van der Waals surface area contributed by atoms with Crippen LogP contribution >= 0.6 is 0 Å². The quantitative estimate of drug-likeness (QED) is 0.779. The van der Waals surface area contributed by atoms with Crippen molar-refractivity contribution in [3.63, 3.8) is 0 Å². The van der Waals surface area contributed by atoms with E-state index in [9.17, 15) is 0 Å². The van der Waals surface area contributed by atoms with E-state index in [1.807, 2.05) is 0 Å². The number of likely N-dealkylation sites (N-methyl/N-ethyl adjacent to an activating group) is 1. The van der Waals surface area contributed by atoms with Crippen molar-refractivity contribution in [2.24, 2.45) is 11.1 Å². The van der Waals surface area contributed by atoms with Gasteiger partial charge in [-0.3, -0.25) is 0 Å². The van der Waals surface area contributed by atoms with E-state index in [2.05, 4.69) is 32.7 Å². The van der Waals surface area contributed by atoms with Gasteiger partial charge in [0.25, 0.3) is 0 Å². The molecular weight excluding hydrogens is 184 g/mol. The maximum atomic E-state index is 6.22. The van der Waals surface area contributed by atoms with Gasteiger partial charge >= 0.3 is 0 Å². The minimum Gasteiger partial charge on any atom is -0.326 e. The van der Waals surface area contributed by atoms with Gasteiger partial charge in [0.05, 0.1) is 0 Å². The molecule has 1 saturated carbocycles. The SMILES string of the molecule is CN(CC(N)C(C)(C)C)C1CCCCC1. The second-order valence-electron chi connectivity index (χ2n) is 6.20. The molecule has 1 aliphatic rings. The Hall–Kier alpha value is -0.0800. The topological polar surface area (TPSA) is 29.3 Å². The summed E-state index contributed by atoms with van der Waals surface area (Å²) in [4.78, 5) is 2.48. The number of hydrogen-bond donors (Lipinski definition) is 1. The van der Waals surface area contributed by atoms with Crippen molar-refractivity contribution >= 4 is 0 Å². The van der Waals surface area contributed by atoms with Crippen LogP contribution in [-0.4, -0.2) is 30.6 Å². The Morgan fingerprint density at radius 3 is 2.20 bits per heavy atom. The van der Waals surface area contributed by atoms with E-state index in [0.717, 1.165) is 12.6 Å². The Bertz CT molecular complexity index is 177. The first-order chi connectivity index (χ1) is 6.91. The predicted molar refractivity (Wildman–Crippen MR) is 66.9 cm³/mol. The lowest BCUT2D eigenvalue weighted by Gasteiger charge is -2.36. The minimum absolute atomic E-state index is 0.225. The Balaban J connectivity index is 2.36. The van der Waals surface area contributed by atoms with Gasteiger partial charge in [-0.2, -0.15) is 0 Å². The van der Waals surface area contributed by atoms with Crippen molar-refractivity contribution in [1.82, 2.24) is 4.90 Å². The van der Waals surface area contributed by atoms with Crippen LogP contribution in [0.15, 0.2) is 0 Å². The molecule has 1 aliphatic carbocycles. The van der Waals surface area contributed by atoms with E-state index < -0.39 is 0 Å². The smallest absolute Gasteiger partial charge is 0.0217 e. The maximum Gasteiger partial charge on any atom is 0.0217 e. The summed E-state index contributed by atoms with van der Waals surface area (Å²) >= 11 is 0. The number of rotatable bonds is 3. The summed E-state index contributed by atoms with van der Waals surface area (Å²) in [5.41, 5.74) is 6.44. The molecule has 1 rings (SSSR count). The van der Waals surface area contributed by atoms with Gasteiger partial charge in [-0.25, -0.2) is 0 Å². The zero-order valence-electron chi connectivity index (χ0n) is 10.9. The first-order valence-electron chi connectivity index (χ1n) is 6.37. The molecule has 0 spiro atoms. The average Bonchev–Trinajstić information content (AvgIpc) is 2.17. The lowest BCUT2D eigenvalue weighted by atomic mass is 9.86. The second-order valence-corrected chi connectivity index (χ2v) is 6.20. The number of nitrogens with two attached hydrogens (primary N) is 1. The van der Waals surface area contributed by atoms with Crippen LogP contribution in [0.5, 0.6) is 0 Å². The van der Waals surface area contributed by atoms with Gasteiger partial charge in [0, 0.05) is 18.6 Å². The van der Waals surface area contributed by atoms with Gasteiger partial charge in [-0.05, 0) is 25.3 Å². The Labute approximate surface area is 95.2 Å². The third kappa shape index (κ3) is 4.12. The molecule has 0 amide bonds. The van der Waals surface area contributed by atoms with Crippen molar-refractivity contribution in [2.45, 2.75) is 65.0 Å². The highest BCUT2D eigenvalue weighted by atomic mass is 15.1. The van der Waals surface area contributed by atoms with Crippen molar-refractivity contribution in [3.8, 4) is 0 Å². The molecule has 0 bridgehead atoms. The third-order valence-corrected chi connectivity index (χ3v) is 3.80. The molecule has 0 aromatic heterocycles. The Kier molecular flexibility index (Phi) is 4.60. The molecule has 1 unspecified atom stereocenters. The van der Waals surface area contributed by atoms with Crippen molar-refractivity contribution in [2.75, 3.05) is 13.6 Å². The summed E-state index contributed by atoms with van der Waals surface area (Å²) in [6.45, 7) is 7.72. The van der Waals surface area contributed by atoms with E-state index in [-0.39, 0.29) is 11.5 Å². The van der Waals surface area contributed by atoms with Gasteiger partial charge in [-0.1, -0.05) is 40.0 Å². The van der Waals surface area contributed by atoms with Crippen LogP contribution in [0.4, 0.5) is 0 Å². The maximum absolute atomic E-state index is 6.22. The molecule has 0 aromatic carbocycles. The van der Waals surface area contributed by atoms with Crippen LogP contribution in [0.1, 0.15) is 52.9 Å². The minimum atomic E-state index is 0.225. The van der Waals surface area contributed by atoms with Crippen molar-refractivity contribution in [1.29, 1.82) is 0 Å². The van der Waals surface area contributed by atoms with Crippen LogP contribution < -0.4 is 5.73 Å². The van der Waals surface area contributed by atoms with E-state index in [1.54, 1.807) is 0 Å². The molecule has 0 saturated heterocycles. The molecule has 2 N–H and O–H groups in total. The highest BCUT2D eigenvalue weighted by molar-refractivity contribution is 4.82. The standard InChI is InChI=1S/C13H28N2/c1-13(2,3)12(14)10-15(4)11-8-6-5-7-9-11/h11-12H,5-10,14H2,1-4H3. The molecular formula is C13H28N2. The summed E-state index contributed by atoms with van der Waals surface area (Å²) in [7, 11) is 2.24. The molecule has 1 atom stereocenters. The summed E-state index contributed by atoms with van der Waals surface area (Å²) in [6.07, 6.45) is 6.97. The van der Waals surface area contributed by atoms with Gasteiger partial charge in [0.15, 0.2) is 0 Å². The van der Waals surface area contributed by atoms with Crippen LogP contribution in [-0.2, 0) is 0 Å². The lowest BCUT2D eigenvalue weighted by Crippen LogP contribution is -2.47. The fraction of sp³-hybridized carbons (Fsp3) is 1.00. The number of hydrogen-bond acceptors (Lipinski definition) is 2. The highest BCUT2D eigenvalue weighted by Gasteiger charge is 2.25. The summed E-state index contributed by atoms with van der Waals surface area (Å²) < 4.78 is 0. The Morgan fingerprint density at radius 2 is 1.73 bits per heavy atom. The molecule has 0 aromatic rings. The Morgan fingerprint density at radius 1 is 1.20 bits per heavy atom. The fourth-order valence-electron chi connectivity index (χ4n) is 2.26. The van der Waals surface area contributed by atoms with E-state index >= 15 is 0 Å². The van der Waals surface area contributed by atoms with E-state index in [0.29, 0.717) is 0 Å². The zero-order valence-corrected chi connectivity index (χ0v) is 10.9. The van der Waals surface area contributed by atoms with Gasteiger partial charge < -0.3 is 10.6 Å². The summed E-state index contributed by atoms with van der Waals surface area (Å²) in [5.74, 6) is 0. The molecule has 90 valence electrons. The monoisotopic (exact) mass is 212 g/mol. The first-order valence-corrected chi connectivity index (χ1v) is 6.37. The van der Waals surface area contributed by atoms with Gasteiger partial charge in [0.1, 0.15) is 0 Å². The molecule has 0 heterocycles. The number of nitrogens with zero attached hydrogens (tertiary/aromatic N) is 1.